The molecule has 0 saturated heterocycles. The Balaban J connectivity index is 2.11. The molecule has 2 amide bonds. The minimum Gasteiger partial charge on any atom is -0.497 e. The molecular weight excluding hydrogens is 325 g/mol. The summed E-state index contributed by atoms with van der Waals surface area (Å²) in [6.07, 6.45) is 2.94. The van der Waals surface area contributed by atoms with Gasteiger partial charge in [-0.1, -0.05) is 12.1 Å². The molecule has 0 fully saturated rings. The number of amides is 2. The summed E-state index contributed by atoms with van der Waals surface area (Å²) in [4.78, 5) is 23.5. The van der Waals surface area contributed by atoms with Crippen molar-refractivity contribution < 1.29 is 18.7 Å². The van der Waals surface area contributed by atoms with Crippen LogP contribution in [-0.4, -0.2) is 25.5 Å². The predicted molar refractivity (Wildman–Crippen MR) is 94.7 cm³/mol. The van der Waals surface area contributed by atoms with Crippen LogP contribution in [0.3, 0.4) is 0 Å². The summed E-state index contributed by atoms with van der Waals surface area (Å²) in [5.41, 5.74) is 6.42. The third-order valence-corrected chi connectivity index (χ3v) is 3.22. The third-order valence-electron chi connectivity index (χ3n) is 3.22. The van der Waals surface area contributed by atoms with Crippen molar-refractivity contribution in [1.82, 2.24) is 0 Å². The fourth-order valence-electron chi connectivity index (χ4n) is 2.02. The first kappa shape index (κ1) is 18.2. The Kier molecular flexibility index (Phi) is 6.25. The van der Waals surface area contributed by atoms with Crippen LogP contribution in [0.2, 0.25) is 0 Å². The quantitative estimate of drug-likeness (QED) is 0.702. The highest BCUT2D eigenvalue weighted by atomic mass is 19.1. The molecule has 0 atom stereocenters. The molecule has 6 nitrogen and oxygen atoms in total. The maximum absolute atomic E-state index is 13.4. The van der Waals surface area contributed by atoms with Crippen LogP contribution in [0.1, 0.15) is 5.56 Å². The lowest BCUT2D eigenvalue weighted by atomic mass is 10.2. The first-order valence-corrected chi connectivity index (χ1v) is 7.44. The number of halogens is 1. The van der Waals surface area contributed by atoms with E-state index in [0.29, 0.717) is 5.75 Å². The molecule has 4 N–H and O–H groups in total. The molecule has 0 aliphatic carbocycles. The number of rotatable bonds is 6. The summed E-state index contributed by atoms with van der Waals surface area (Å²) in [7, 11) is 1.56. The Labute approximate surface area is 144 Å². The average Bonchev–Trinajstić information content (AvgIpc) is 2.62. The van der Waals surface area contributed by atoms with Gasteiger partial charge in [0, 0.05) is 6.08 Å². The number of anilines is 2. The van der Waals surface area contributed by atoms with Crippen molar-refractivity contribution in [3.63, 3.8) is 0 Å². The highest BCUT2D eigenvalue weighted by molar-refractivity contribution is 6.05. The van der Waals surface area contributed by atoms with Gasteiger partial charge < -0.3 is 21.1 Å². The van der Waals surface area contributed by atoms with Gasteiger partial charge in [-0.3, -0.25) is 9.59 Å². The lowest BCUT2D eigenvalue weighted by molar-refractivity contribution is -0.115. The van der Waals surface area contributed by atoms with Crippen molar-refractivity contribution in [2.75, 3.05) is 24.3 Å². The molecule has 0 aromatic heterocycles. The Morgan fingerprint density at radius 3 is 2.68 bits per heavy atom. The predicted octanol–water partition coefficient (Wildman–Crippen LogP) is 2.38. The van der Waals surface area contributed by atoms with E-state index in [2.05, 4.69) is 10.6 Å². The highest BCUT2D eigenvalue weighted by Crippen LogP contribution is 2.23. The first-order chi connectivity index (χ1) is 12.0. The van der Waals surface area contributed by atoms with Crippen molar-refractivity contribution in [3.8, 4) is 5.75 Å². The molecule has 0 unspecified atom stereocenters. The van der Waals surface area contributed by atoms with Crippen LogP contribution in [0.5, 0.6) is 5.75 Å². The molecular formula is C18H18FN3O3. The van der Waals surface area contributed by atoms with E-state index in [-0.39, 0.29) is 17.9 Å². The molecule has 0 bridgehead atoms. The number of methoxy groups -OCH3 is 1. The maximum Gasteiger partial charge on any atom is 0.248 e. The highest BCUT2D eigenvalue weighted by Gasteiger charge is 2.09. The van der Waals surface area contributed by atoms with Crippen LogP contribution in [-0.2, 0) is 9.59 Å². The Morgan fingerprint density at radius 1 is 1.16 bits per heavy atom. The monoisotopic (exact) mass is 343 g/mol. The number of hydrogen-bond acceptors (Lipinski definition) is 4. The van der Waals surface area contributed by atoms with Gasteiger partial charge in [0.1, 0.15) is 11.6 Å². The molecule has 2 rings (SSSR count). The normalized spacial score (nSPS) is 10.5. The molecule has 0 saturated carbocycles. The second-order valence-corrected chi connectivity index (χ2v) is 5.04. The van der Waals surface area contributed by atoms with E-state index >= 15 is 0 Å². The molecule has 130 valence electrons. The summed E-state index contributed by atoms with van der Waals surface area (Å²) >= 11 is 0. The number of hydrogen-bond donors (Lipinski definition) is 3. The van der Waals surface area contributed by atoms with Gasteiger partial charge in [0.2, 0.25) is 11.8 Å². The van der Waals surface area contributed by atoms with E-state index in [1.54, 1.807) is 31.4 Å². The minimum atomic E-state index is -0.544. The number of ether oxygens (including phenoxy) is 1. The lowest BCUT2D eigenvalue weighted by Crippen LogP contribution is -2.23. The summed E-state index contributed by atoms with van der Waals surface area (Å²) in [5, 5.41) is 5.02. The zero-order chi connectivity index (χ0) is 18.2. The van der Waals surface area contributed by atoms with Crippen LogP contribution in [0.25, 0.3) is 6.08 Å². The zero-order valence-corrected chi connectivity index (χ0v) is 13.6. The van der Waals surface area contributed by atoms with Crippen molar-refractivity contribution in [3.05, 3.63) is 59.9 Å². The molecule has 0 aliphatic heterocycles. The van der Waals surface area contributed by atoms with Gasteiger partial charge in [0.05, 0.1) is 25.0 Å². The van der Waals surface area contributed by atoms with Crippen molar-refractivity contribution in [2.45, 2.75) is 0 Å². The molecule has 25 heavy (non-hydrogen) atoms. The van der Waals surface area contributed by atoms with Gasteiger partial charge >= 0.3 is 0 Å². The average molecular weight is 343 g/mol. The van der Waals surface area contributed by atoms with E-state index in [0.717, 1.165) is 11.6 Å². The number of nitrogens with one attached hydrogen (secondary N) is 2. The Morgan fingerprint density at radius 2 is 1.96 bits per heavy atom. The van der Waals surface area contributed by atoms with Gasteiger partial charge in [-0.05, 0) is 42.0 Å². The van der Waals surface area contributed by atoms with Crippen LogP contribution in [0, 0.1) is 5.82 Å². The van der Waals surface area contributed by atoms with Gasteiger partial charge in [0.15, 0.2) is 0 Å². The second-order valence-electron chi connectivity index (χ2n) is 5.04. The van der Waals surface area contributed by atoms with E-state index < -0.39 is 17.6 Å². The smallest absolute Gasteiger partial charge is 0.248 e. The summed E-state index contributed by atoms with van der Waals surface area (Å²) in [5.74, 6) is -0.796. The maximum atomic E-state index is 13.4. The summed E-state index contributed by atoms with van der Waals surface area (Å²) in [6, 6.07) is 10.8. The Hall–Kier alpha value is -3.19. The standard InChI is InChI=1S/C18H18FN3O3/c1-25-14-4-2-3-12(9-14)5-8-17(23)21-15-7-6-13(19)10-16(15)22-18(24)11-20/h2-10H,11,20H2,1H3,(H,21,23)(H,22,24)/b8-5+. The van der Waals surface area contributed by atoms with E-state index in [1.165, 1.54) is 18.2 Å². The molecule has 2 aromatic carbocycles. The van der Waals surface area contributed by atoms with Gasteiger partial charge in [0.25, 0.3) is 0 Å². The van der Waals surface area contributed by atoms with Gasteiger partial charge in [-0.15, -0.1) is 0 Å². The van der Waals surface area contributed by atoms with Crippen LogP contribution < -0.4 is 21.1 Å². The van der Waals surface area contributed by atoms with Crippen molar-refractivity contribution >= 4 is 29.3 Å². The summed E-state index contributed by atoms with van der Waals surface area (Å²) < 4.78 is 18.5. The first-order valence-electron chi connectivity index (χ1n) is 7.44. The van der Waals surface area contributed by atoms with Gasteiger partial charge in [-0.25, -0.2) is 4.39 Å². The van der Waals surface area contributed by atoms with Crippen LogP contribution in [0.4, 0.5) is 15.8 Å². The third kappa shape index (κ3) is 5.43. The van der Waals surface area contributed by atoms with Crippen molar-refractivity contribution in [1.29, 1.82) is 0 Å². The fourth-order valence-corrected chi connectivity index (χ4v) is 2.02. The number of carbonyl (C=O) groups is 2. The van der Waals surface area contributed by atoms with E-state index in [1.807, 2.05) is 6.07 Å². The molecule has 0 heterocycles. The lowest BCUT2D eigenvalue weighted by Gasteiger charge is -2.11. The Bertz CT molecular complexity index is 806. The SMILES string of the molecule is COc1cccc(/C=C/C(=O)Nc2ccc(F)cc2NC(=O)CN)c1. The van der Waals surface area contributed by atoms with E-state index in [9.17, 15) is 14.0 Å². The zero-order valence-electron chi connectivity index (χ0n) is 13.6. The number of nitrogens with two attached hydrogens (primary N) is 1. The topological polar surface area (TPSA) is 93.5 Å². The largest absolute Gasteiger partial charge is 0.497 e. The van der Waals surface area contributed by atoms with Crippen LogP contribution in [0.15, 0.2) is 48.5 Å². The number of benzene rings is 2. The summed E-state index contributed by atoms with van der Waals surface area (Å²) in [6.45, 7) is -0.250. The molecule has 0 spiro atoms. The van der Waals surface area contributed by atoms with E-state index in [4.69, 9.17) is 10.5 Å². The number of carbonyl (C=O) groups excluding carboxylic acids is 2. The van der Waals surface area contributed by atoms with Crippen LogP contribution >= 0.6 is 0 Å². The molecule has 2 aromatic rings. The molecule has 0 radical (unpaired) electrons. The fraction of sp³-hybridized carbons (Fsp3) is 0.111. The minimum absolute atomic E-state index is 0.138. The molecule has 7 heteroatoms. The van der Waals surface area contributed by atoms with Crippen molar-refractivity contribution in [2.24, 2.45) is 5.73 Å². The van der Waals surface area contributed by atoms with Gasteiger partial charge in [-0.2, -0.15) is 0 Å². The molecule has 0 aliphatic rings. The second kappa shape index (κ2) is 8.60.